The maximum Gasteiger partial charge on any atom is 0.251 e. The van der Waals surface area contributed by atoms with E-state index in [2.05, 4.69) is 36.7 Å². The van der Waals surface area contributed by atoms with Gasteiger partial charge in [0.1, 0.15) is 0 Å². The van der Waals surface area contributed by atoms with E-state index < -0.39 is 0 Å². The van der Waals surface area contributed by atoms with Gasteiger partial charge in [-0.25, -0.2) is 0 Å². The Bertz CT molecular complexity index is 835. The van der Waals surface area contributed by atoms with Crippen molar-refractivity contribution in [2.75, 3.05) is 18.9 Å². The quantitative estimate of drug-likeness (QED) is 0.718. The summed E-state index contributed by atoms with van der Waals surface area (Å²) in [5.41, 5.74) is 2.88. The molecule has 0 saturated carbocycles. The first-order valence-corrected chi connectivity index (χ1v) is 9.21. The first-order chi connectivity index (χ1) is 13.2. The van der Waals surface area contributed by atoms with Gasteiger partial charge in [0, 0.05) is 36.8 Å². The van der Waals surface area contributed by atoms with E-state index in [4.69, 9.17) is 0 Å². The van der Waals surface area contributed by atoms with Crippen LogP contribution in [-0.4, -0.2) is 31.3 Å². The van der Waals surface area contributed by atoms with Gasteiger partial charge in [-0.1, -0.05) is 32.9 Å². The van der Waals surface area contributed by atoms with Gasteiger partial charge < -0.3 is 16.0 Å². The van der Waals surface area contributed by atoms with Gasteiger partial charge in [-0.05, 0) is 47.4 Å². The van der Waals surface area contributed by atoms with Crippen molar-refractivity contribution in [3.8, 4) is 0 Å². The Balaban J connectivity index is 1.80. The molecule has 0 radical (unpaired) electrons. The molecular weight excluding hydrogens is 354 g/mol. The summed E-state index contributed by atoms with van der Waals surface area (Å²) in [6.45, 7) is 6.59. The van der Waals surface area contributed by atoms with Crippen molar-refractivity contribution < 1.29 is 14.4 Å². The molecule has 2 rings (SSSR count). The van der Waals surface area contributed by atoms with Crippen LogP contribution in [0.4, 0.5) is 5.69 Å². The molecule has 28 heavy (non-hydrogen) atoms. The molecule has 0 saturated heterocycles. The minimum Gasteiger partial charge on any atom is -0.355 e. The molecule has 0 spiro atoms. The maximum atomic E-state index is 12.2. The minimum atomic E-state index is -0.212. The van der Waals surface area contributed by atoms with E-state index in [1.54, 1.807) is 43.4 Å². The third kappa shape index (κ3) is 5.94. The molecule has 0 aliphatic rings. The first-order valence-electron chi connectivity index (χ1n) is 9.21. The predicted molar refractivity (Wildman–Crippen MR) is 111 cm³/mol. The number of rotatable bonds is 6. The van der Waals surface area contributed by atoms with Gasteiger partial charge in [0.25, 0.3) is 11.8 Å². The normalized spacial score (nSPS) is 10.9. The summed E-state index contributed by atoms with van der Waals surface area (Å²) in [6.07, 6.45) is 0.156. The monoisotopic (exact) mass is 381 g/mol. The molecule has 0 aromatic heterocycles. The fraction of sp³-hybridized carbons (Fsp3) is 0.318. The lowest BCUT2D eigenvalue weighted by molar-refractivity contribution is -0.116. The number of hydrogen-bond donors (Lipinski definition) is 3. The molecule has 0 bridgehead atoms. The van der Waals surface area contributed by atoms with E-state index in [0.717, 1.165) is 5.56 Å². The summed E-state index contributed by atoms with van der Waals surface area (Å²) in [4.78, 5) is 35.7. The molecule has 2 aromatic rings. The van der Waals surface area contributed by atoms with Crippen LogP contribution < -0.4 is 16.0 Å². The molecule has 0 aliphatic heterocycles. The number of amides is 3. The molecule has 2 aromatic carbocycles. The van der Waals surface area contributed by atoms with Gasteiger partial charge in [-0.15, -0.1) is 0 Å². The predicted octanol–water partition coefficient (Wildman–Crippen LogP) is 3.10. The summed E-state index contributed by atoms with van der Waals surface area (Å²) in [5.74, 6) is -0.601. The zero-order valence-corrected chi connectivity index (χ0v) is 16.8. The highest BCUT2D eigenvalue weighted by molar-refractivity contribution is 5.96. The second-order valence-electron chi connectivity index (χ2n) is 7.54. The lowest BCUT2D eigenvalue weighted by Crippen LogP contribution is -2.27. The molecule has 0 heterocycles. The van der Waals surface area contributed by atoms with Crippen LogP contribution in [0.3, 0.4) is 0 Å². The zero-order valence-electron chi connectivity index (χ0n) is 16.8. The van der Waals surface area contributed by atoms with E-state index in [0.29, 0.717) is 16.8 Å². The molecule has 0 unspecified atom stereocenters. The summed E-state index contributed by atoms with van der Waals surface area (Å²) in [7, 11) is 1.56. The number of hydrogen-bond acceptors (Lipinski definition) is 3. The lowest BCUT2D eigenvalue weighted by atomic mass is 9.87. The van der Waals surface area contributed by atoms with Crippen LogP contribution in [0.15, 0.2) is 48.5 Å². The second kappa shape index (κ2) is 9.17. The van der Waals surface area contributed by atoms with Gasteiger partial charge in [0.05, 0.1) is 0 Å². The SMILES string of the molecule is CNC(=O)c1ccc(NC(=O)CCNC(=O)c2ccc(C(C)(C)C)cc2)cc1. The molecule has 3 amide bonds. The van der Waals surface area contributed by atoms with E-state index in [1.807, 2.05) is 12.1 Å². The number of nitrogens with one attached hydrogen (secondary N) is 3. The number of anilines is 1. The Morgan fingerprint density at radius 1 is 0.821 bits per heavy atom. The molecule has 148 valence electrons. The summed E-state index contributed by atoms with van der Waals surface area (Å²) in [6, 6.07) is 14.1. The van der Waals surface area contributed by atoms with Crippen LogP contribution in [0.2, 0.25) is 0 Å². The van der Waals surface area contributed by atoms with Crippen molar-refractivity contribution in [2.24, 2.45) is 0 Å². The second-order valence-corrected chi connectivity index (χ2v) is 7.54. The molecule has 3 N–H and O–H groups in total. The standard InChI is InChI=1S/C22H27N3O3/c1-22(2,3)17-9-5-16(6-10-17)21(28)24-14-13-19(26)25-18-11-7-15(8-12-18)20(27)23-4/h5-12H,13-14H2,1-4H3,(H,23,27)(H,24,28)(H,25,26). The van der Waals surface area contributed by atoms with Crippen molar-refractivity contribution in [1.82, 2.24) is 10.6 Å². The van der Waals surface area contributed by atoms with Crippen LogP contribution in [0.25, 0.3) is 0 Å². The largest absolute Gasteiger partial charge is 0.355 e. The molecule has 0 aliphatic carbocycles. The van der Waals surface area contributed by atoms with Crippen LogP contribution in [0.5, 0.6) is 0 Å². The van der Waals surface area contributed by atoms with Crippen LogP contribution in [-0.2, 0) is 10.2 Å². The minimum absolute atomic E-state index is 0.0334. The Kier molecular flexibility index (Phi) is 6.93. The number of carbonyl (C=O) groups excluding carboxylic acids is 3. The smallest absolute Gasteiger partial charge is 0.251 e. The summed E-state index contributed by atoms with van der Waals surface area (Å²) >= 11 is 0. The first kappa shape index (κ1) is 21.2. The van der Waals surface area contributed by atoms with Crippen LogP contribution in [0.1, 0.15) is 53.5 Å². The Hall–Kier alpha value is -3.15. The number of carbonyl (C=O) groups is 3. The van der Waals surface area contributed by atoms with Gasteiger partial charge in [-0.2, -0.15) is 0 Å². The van der Waals surface area contributed by atoms with E-state index in [9.17, 15) is 14.4 Å². The van der Waals surface area contributed by atoms with E-state index in [1.165, 1.54) is 0 Å². The topological polar surface area (TPSA) is 87.3 Å². The molecule has 6 heteroatoms. The zero-order chi connectivity index (χ0) is 20.7. The molecular formula is C22H27N3O3. The molecule has 6 nitrogen and oxygen atoms in total. The third-order valence-electron chi connectivity index (χ3n) is 4.31. The fourth-order valence-electron chi connectivity index (χ4n) is 2.59. The van der Waals surface area contributed by atoms with Crippen molar-refractivity contribution >= 4 is 23.4 Å². The summed E-state index contributed by atoms with van der Waals surface area (Å²) in [5, 5.41) is 8.03. The Labute approximate surface area is 165 Å². The number of benzene rings is 2. The third-order valence-corrected chi connectivity index (χ3v) is 4.31. The van der Waals surface area contributed by atoms with Crippen molar-refractivity contribution in [3.63, 3.8) is 0 Å². The highest BCUT2D eigenvalue weighted by Crippen LogP contribution is 2.22. The lowest BCUT2D eigenvalue weighted by Gasteiger charge is -2.19. The van der Waals surface area contributed by atoms with Crippen molar-refractivity contribution in [1.29, 1.82) is 0 Å². The van der Waals surface area contributed by atoms with E-state index in [-0.39, 0.29) is 36.1 Å². The highest BCUT2D eigenvalue weighted by atomic mass is 16.2. The van der Waals surface area contributed by atoms with Gasteiger partial charge in [0.15, 0.2) is 0 Å². The summed E-state index contributed by atoms with van der Waals surface area (Å²) < 4.78 is 0. The molecule has 0 fully saturated rings. The van der Waals surface area contributed by atoms with Gasteiger partial charge in [-0.3, -0.25) is 14.4 Å². The molecule has 0 atom stereocenters. The average Bonchev–Trinajstić information content (AvgIpc) is 2.67. The van der Waals surface area contributed by atoms with Gasteiger partial charge in [0.2, 0.25) is 5.91 Å². The highest BCUT2D eigenvalue weighted by Gasteiger charge is 2.14. The Morgan fingerprint density at radius 2 is 1.36 bits per heavy atom. The Morgan fingerprint density at radius 3 is 1.89 bits per heavy atom. The van der Waals surface area contributed by atoms with E-state index >= 15 is 0 Å². The van der Waals surface area contributed by atoms with Crippen molar-refractivity contribution in [2.45, 2.75) is 32.6 Å². The van der Waals surface area contributed by atoms with Crippen molar-refractivity contribution in [3.05, 3.63) is 65.2 Å². The van der Waals surface area contributed by atoms with Gasteiger partial charge >= 0.3 is 0 Å². The average molecular weight is 381 g/mol. The van der Waals surface area contributed by atoms with Crippen LogP contribution in [0, 0.1) is 0 Å². The van der Waals surface area contributed by atoms with Crippen LogP contribution >= 0.6 is 0 Å². The fourth-order valence-corrected chi connectivity index (χ4v) is 2.59. The maximum absolute atomic E-state index is 12.2.